The van der Waals surface area contributed by atoms with E-state index >= 15 is 0 Å². The maximum atomic E-state index is 13.3. The molecule has 0 spiro atoms. The predicted octanol–water partition coefficient (Wildman–Crippen LogP) is 4.67. The van der Waals surface area contributed by atoms with Crippen LogP contribution in [0.2, 0.25) is 5.02 Å². The van der Waals surface area contributed by atoms with Crippen LogP contribution in [0.25, 0.3) is 22.4 Å². The van der Waals surface area contributed by atoms with Gasteiger partial charge in [0, 0.05) is 36.4 Å². The van der Waals surface area contributed by atoms with E-state index in [0.717, 1.165) is 52.3 Å². The second kappa shape index (κ2) is 7.69. The van der Waals surface area contributed by atoms with Crippen LogP contribution in [0, 0.1) is 13.8 Å². The van der Waals surface area contributed by atoms with Gasteiger partial charge in [0.2, 0.25) is 0 Å². The molecule has 1 amide bonds. The van der Waals surface area contributed by atoms with Crippen LogP contribution in [-0.2, 0) is 7.05 Å². The maximum Gasteiger partial charge on any atom is 0.254 e. The fraction of sp³-hybridized carbons (Fsp3) is 0.292. The number of aromatic nitrogens is 1. The molecule has 5 heteroatoms. The standard InChI is InChI=1S/C24H26ClN3O/c1-15-6-5-7-18(12-15)22-21(24(29)26-20-13-27(3)14-20)16(2)28(4)23(22)17-8-10-19(25)11-9-17/h5-12,20H,13-14H2,1-4H3,(H,26,29). The van der Waals surface area contributed by atoms with E-state index in [0.29, 0.717) is 5.02 Å². The zero-order valence-corrected chi connectivity index (χ0v) is 18.0. The van der Waals surface area contributed by atoms with Crippen molar-refractivity contribution in [2.45, 2.75) is 19.9 Å². The lowest BCUT2D eigenvalue weighted by Crippen LogP contribution is -2.57. The lowest BCUT2D eigenvalue weighted by atomic mass is 9.95. The van der Waals surface area contributed by atoms with Gasteiger partial charge in [-0.25, -0.2) is 0 Å². The number of likely N-dealkylation sites (tertiary alicyclic amines) is 1. The normalized spacial score (nSPS) is 14.7. The number of carbonyl (C=O) groups is 1. The minimum absolute atomic E-state index is 0.00656. The molecule has 1 N–H and O–H groups in total. The second-order valence-electron chi connectivity index (χ2n) is 8.01. The quantitative estimate of drug-likeness (QED) is 0.682. The molecule has 2 aromatic carbocycles. The van der Waals surface area contributed by atoms with Crippen molar-refractivity contribution in [2.75, 3.05) is 20.1 Å². The molecule has 1 aliphatic rings. The number of likely N-dealkylation sites (N-methyl/N-ethyl adjacent to an activating group) is 1. The third-order valence-corrected chi connectivity index (χ3v) is 5.99. The summed E-state index contributed by atoms with van der Waals surface area (Å²) in [6, 6.07) is 16.4. The molecule has 29 heavy (non-hydrogen) atoms. The molecule has 3 aromatic rings. The molecule has 0 radical (unpaired) electrons. The third-order valence-electron chi connectivity index (χ3n) is 5.74. The topological polar surface area (TPSA) is 37.3 Å². The van der Waals surface area contributed by atoms with Crippen LogP contribution < -0.4 is 5.32 Å². The van der Waals surface area contributed by atoms with Crippen molar-refractivity contribution in [3.8, 4) is 22.4 Å². The second-order valence-corrected chi connectivity index (χ2v) is 8.45. The van der Waals surface area contributed by atoms with Crippen LogP contribution in [0.15, 0.2) is 48.5 Å². The highest BCUT2D eigenvalue weighted by molar-refractivity contribution is 6.30. The fourth-order valence-electron chi connectivity index (χ4n) is 4.16. The number of hydrogen-bond acceptors (Lipinski definition) is 2. The Kier molecular flexibility index (Phi) is 5.24. The van der Waals surface area contributed by atoms with Gasteiger partial charge in [-0.1, -0.05) is 53.6 Å². The minimum atomic E-state index is -0.00656. The Balaban J connectivity index is 1.89. The Morgan fingerprint density at radius 1 is 1.03 bits per heavy atom. The average Bonchev–Trinajstić information content (AvgIpc) is 2.92. The van der Waals surface area contributed by atoms with Crippen molar-refractivity contribution in [3.63, 3.8) is 0 Å². The molecule has 0 bridgehead atoms. The predicted molar refractivity (Wildman–Crippen MR) is 120 cm³/mol. The van der Waals surface area contributed by atoms with Crippen LogP contribution in [0.3, 0.4) is 0 Å². The molecule has 0 atom stereocenters. The third kappa shape index (κ3) is 3.70. The van der Waals surface area contributed by atoms with E-state index in [9.17, 15) is 4.79 Å². The smallest absolute Gasteiger partial charge is 0.254 e. The SMILES string of the molecule is Cc1cccc(-c2c(C(=O)NC3CN(C)C3)c(C)n(C)c2-c2ccc(Cl)cc2)c1. The summed E-state index contributed by atoms with van der Waals surface area (Å²) in [5, 5.41) is 3.91. The molecule has 0 aliphatic carbocycles. The van der Waals surface area contributed by atoms with Gasteiger partial charge in [0.1, 0.15) is 0 Å². The molecule has 0 unspecified atom stereocenters. The summed E-state index contributed by atoms with van der Waals surface area (Å²) in [5.41, 5.74) is 6.96. The molecule has 4 rings (SSSR count). The molecule has 1 aliphatic heterocycles. The maximum absolute atomic E-state index is 13.3. The zero-order chi connectivity index (χ0) is 20.7. The van der Waals surface area contributed by atoms with Crippen molar-refractivity contribution in [1.82, 2.24) is 14.8 Å². The van der Waals surface area contributed by atoms with Crippen LogP contribution in [0.1, 0.15) is 21.6 Å². The van der Waals surface area contributed by atoms with Gasteiger partial charge >= 0.3 is 0 Å². The van der Waals surface area contributed by atoms with Gasteiger partial charge in [-0.15, -0.1) is 0 Å². The molecule has 1 fully saturated rings. The number of carbonyl (C=O) groups excluding carboxylic acids is 1. The summed E-state index contributed by atoms with van der Waals surface area (Å²) < 4.78 is 2.11. The van der Waals surface area contributed by atoms with Gasteiger partial charge in [-0.2, -0.15) is 0 Å². The molecule has 4 nitrogen and oxygen atoms in total. The van der Waals surface area contributed by atoms with E-state index in [1.54, 1.807) is 0 Å². The summed E-state index contributed by atoms with van der Waals surface area (Å²) in [4.78, 5) is 15.5. The van der Waals surface area contributed by atoms with Gasteiger partial charge in [-0.3, -0.25) is 4.79 Å². The highest BCUT2D eigenvalue weighted by atomic mass is 35.5. The fourth-order valence-corrected chi connectivity index (χ4v) is 4.28. The summed E-state index contributed by atoms with van der Waals surface area (Å²) in [7, 11) is 4.08. The van der Waals surface area contributed by atoms with Crippen LogP contribution >= 0.6 is 11.6 Å². The van der Waals surface area contributed by atoms with Gasteiger partial charge in [0.15, 0.2) is 0 Å². The highest BCUT2D eigenvalue weighted by Gasteiger charge is 2.30. The molecule has 2 heterocycles. The van der Waals surface area contributed by atoms with E-state index < -0.39 is 0 Å². The number of hydrogen-bond donors (Lipinski definition) is 1. The Hall–Kier alpha value is -2.56. The van der Waals surface area contributed by atoms with Crippen molar-refractivity contribution in [2.24, 2.45) is 7.05 Å². The first-order chi connectivity index (χ1) is 13.8. The van der Waals surface area contributed by atoms with E-state index in [-0.39, 0.29) is 11.9 Å². The van der Waals surface area contributed by atoms with E-state index in [1.165, 1.54) is 0 Å². The number of amides is 1. The number of aryl methyl sites for hydroxylation is 1. The lowest BCUT2D eigenvalue weighted by molar-refractivity contribution is 0.0857. The summed E-state index contributed by atoms with van der Waals surface area (Å²) >= 11 is 6.12. The lowest BCUT2D eigenvalue weighted by Gasteiger charge is -2.36. The van der Waals surface area contributed by atoms with E-state index in [4.69, 9.17) is 11.6 Å². The number of nitrogens with zero attached hydrogens (tertiary/aromatic N) is 2. The van der Waals surface area contributed by atoms with E-state index in [1.807, 2.05) is 44.3 Å². The summed E-state index contributed by atoms with van der Waals surface area (Å²) in [5.74, 6) is -0.00656. The number of halogens is 1. The van der Waals surface area contributed by atoms with Crippen LogP contribution in [0.4, 0.5) is 0 Å². The van der Waals surface area contributed by atoms with Crippen molar-refractivity contribution < 1.29 is 4.79 Å². The van der Waals surface area contributed by atoms with Crippen LogP contribution in [-0.4, -0.2) is 41.6 Å². The molecule has 150 valence electrons. The monoisotopic (exact) mass is 407 g/mol. The minimum Gasteiger partial charge on any atom is -0.347 e. The molecular formula is C24H26ClN3O. The number of rotatable bonds is 4. The highest BCUT2D eigenvalue weighted by Crippen LogP contribution is 2.39. The molecule has 1 aromatic heterocycles. The Morgan fingerprint density at radius 2 is 1.72 bits per heavy atom. The van der Waals surface area contributed by atoms with Gasteiger partial charge in [0.25, 0.3) is 5.91 Å². The number of benzene rings is 2. The first-order valence-electron chi connectivity index (χ1n) is 9.87. The Morgan fingerprint density at radius 3 is 2.34 bits per heavy atom. The van der Waals surface area contributed by atoms with Crippen molar-refractivity contribution in [3.05, 3.63) is 70.4 Å². The average molecular weight is 408 g/mol. The molecular weight excluding hydrogens is 382 g/mol. The van der Waals surface area contributed by atoms with E-state index in [2.05, 4.69) is 47.0 Å². The first kappa shape index (κ1) is 19.7. The zero-order valence-electron chi connectivity index (χ0n) is 17.3. The van der Waals surface area contributed by atoms with Gasteiger partial charge < -0.3 is 14.8 Å². The first-order valence-corrected chi connectivity index (χ1v) is 10.2. The van der Waals surface area contributed by atoms with Crippen molar-refractivity contribution in [1.29, 1.82) is 0 Å². The van der Waals surface area contributed by atoms with Crippen molar-refractivity contribution >= 4 is 17.5 Å². The number of nitrogens with one attached hydrogen (secondary N) is 1. The van der Waals surface area contributed by atoms with Gasteiger partial charge in [-0.05, 0) is 44.2 Å². The molecule has 0 saturated carbocycles. The molecule has 1 saturated heterocycles. The van der Waals surface area contributed by atoms with Gasteiger partial charge in [0.05, 0.1) is 17.3 Å². The largest absolute Gasteiger partial charge is 0.347 e. The Bertz CT molecular complexity index is 1060. The summed E-state index contributed by atoms with van der Waals surface area (Å²) in [6.45, 7) is 5.87. The summed E-state index contributed by atoms with van der Waals surface area (Å²) in [6.07, 6.45) is 0. The Labute approximate surface area is 177 Å². The van der Waals surface area contributed by atoms with Crippen LogP contribution in [0.5, 0.6) is 0 Å².